The average Bonchev–Trinajstić information content (AvgIpc) is 2.80. The molecule has 89 valence electrons. The zero-order valence-electron chi connectivity index (χ0n) is 9.90. The summed E-state index contributed by atoms with van der Waals surface area (Å²) >= 11 is 0. The van der Waals surface area contributed by atoms with Crippen LogP contribution >= 0.6 is 0 Å². The Morgan fingerprint density at radius 3 is 2.88 bits per heavy atom. The van der Waals surface area contributed by atoms with Gasteiger partial charge in [0.15, 0.2) is 0 Å². The third-order valence-corrected chi connectivity index (χ3v) is 3.07. The second-order valence-electron chi connectivity index (χ2n) is 4.36. The molecule has 0 atom stereocenters. The summed E-state index contributed by atoms with van der Waals surface area (Å²) in [6, 6.07) is 9.58. The molecule has 1 aliphatic carbocycles. The van der Waals surface area contributed by atoms with Crippen molar-refractivity contribution in [2.24, 2.45) is 7.05 Å². The monoisotopic (exact) mass is 403 g/mol. The molecule has 0 aliphatic heterocycles. The van der Waals surface area contributed by atoms with Crippen LogP contribution in [0.1, 0.15) is 18.1 Å². The number of rotatable bonds is 1. The molecule has 0 N–H and O–H groups in total. The molecule has 1 aromatic heterocycles. The Hall–Kier alpha value is -1.18. The first kappa shape index (κ1) is 12.3. The Morgan fingerprint density at radius 1 is 1.35 bits per heavy atom. The third-order valence-electron chi connectivity index (χ3n) is 3.07. The van der Waals surface area contributed by atoms with Crippen LogP contribution in [-0.4, -0.2) is 9.13 Å². The molecule has 1 aliphatic rings. The normalized spacial score (nSPS) is 13.5. The number of allylic oxidation sites excluding steroid dienone is 1. The second-order valence-corrected chi connectivity index (χ2v) is 4.36. The predicted molar refractivity (Wildman–Crippen MR) is 64.8 cm³/mol. The minimum atomic E-state index is 0. The van der Waals surface area contributed by atoms with E-state index in [2.05, 4.69) is 53.0 Å². The SMILES string of the molecule is CC1=C(n2ccn(C)[cH+]2)c2[c-]cccc2C1.[Ir]. The minimum absolute atomic E-state index is 0. The fourth-order valence-electron chi connectivity index (χ4n) is 2.35. The van der Waals surface area contributed by atoms with Crippen LogP contribution in [0, 0.1) is 6.07 Å². The average molecular weight is 402 g/mol. The molecule has 0 bridgehead atoms. The molecular formula is C14H14IrN2. The van der Waals surface area contributed by atoms with E-state index in [9.17, 15) is 0 Å². The van der Waals surface area contributed by atoms with E-state index in [0.29, 0.717) is 0 Å². The number of imidazole rings is 1. The van der Waals surface area contributed by atoms with Gasteiger partial charge in [-0.3, -0.25) is 9.13 Å². The number of aromatic nitrogens is 2. The fraction of sp³-hybridized carbons (Fsp3) is 0.214. The number of nitrogens with zero attached hydrogens (tertiary/aromatic N) is 2. The molecule has 2 nitrogen and oxygen atoms in total. The molecule has 0 spiro atoms. The Kier molecular flexibility index (Phi) is 3.32. The summed E-state index contributed by atoms with van der Waals surface area (Å²) in [6.07, 6.45) is 7.29. The maximum atomic E-state index is 3.35. The first-order valence-corrected chi connectivity index (χ1v) is 5.49. The van der Waals surface area contributed by atoms with Crippen molar-refractivity contribution in [1.29, 1.82) is 0 Å². The van der Waals surface area contributed by atoms with Crippen molar-refractivity contribution in [3.63, 3.8) is 0 Å². The van der Waals surface area contributed by atoms with E-state index in [1.165, 1.54) is 22.4 Å². The van der Waals surface area contributed by atoms with Crippen LogP contribution in [0.25, 0.3) is 5.70 Å². The van der Waals surface area contributed by atoms with Crippen molar-refractivity contribution >= 4 is 5.70 Å². The standard InChI is InChI=1S/C14H14N2.Ir/c1-11-9-12-5-3-4-6-13(12)14(11)16-8-7-15(2)10-16;/h3-5,7-8,10H,9H2,1-2H3;. The summed E-state index contributed by atoms with van der Waals surface area (Å²) in [7, 11) is 2.04. The fourth-order valence-corrected chi connectivity index (χ4v) is 2.35. The summed E-state index contributed by atoms with van der Waals surface area (Å²) < 4.78 is 4.23. The number of benzene rings is 1. The van der Waals surface area contributed by atoms with Crippen LogP contribution in [0.5, 0.6) is 0 Å². The Bertz CT molecular complexity index is 581. The number of hydrogen-bond acceptors (Lipinski definition) is 0. The molecule has 17 heavy (non-hydrogen) atoms. The zero-order valence-corrected chi connectivity index (χ0v) is 12.3. The van der Waals surface area contributed by atoms with Crippen LogP contribution in [0.15, 0.2) is 42.5 Å². The summed E-state index contributed by atoms with van der Waals surface area (Å²) in [5, 5.41) is 0. The molecule has 0 unspecified atom stereocenters. The van der Waals surface area contributed by atoms with Crippen LogP contribution in [0.4, 0.5) is 0 Å². The molecule has 2 aromatic rings. The summed E-state index contributed by atoms with van der Waals surface area (Å²) in [4.78, 5) is 0. The molecule has 3 heteroatoms. The van der Waals surface area contributed by atoms with E-state index in [0.717, 1.165) is 6.42 Å². The summed E-state index contributed by atoms with van der Waals surface area (Å²) in [5.74, 6) is 0. The van der Waals surface area contributed by atoms with E-state index < -0.39 is 0 Å². The molecule has 0 amide bonds. The van der Waals surface area contributed by atoms with E-state index in [4.69, 9.17) is 0 Å². The van der Waals surface area contributed by atoms with Crippen LogP contribution < -0.4 is 0 Å². The van der Waals surface area contributed by atoms with Gasteiger partial charge in [0.25, 0.3) is 0 Å². The third kappa shape index (κ3) is 2.01. The van der Waals surface area contributed by atoms with E-state index in [1.807, 2.05) is 13.1 Å². The quantitative estimate of drug-likeness (QED) is 0.650. The topological polar surface area (TPSA) is 9.86 Å². The van der Waals surface area contributed by atoms with Gasteiger partial charge in [0, 0.05) is 27.2 Å². The van der Waals surface area contributed by atoms with Gasteiger partial charge in [0.2, 0.25) is 0 Å². The molecule has 0 fully saturated rings. The molecule has 1 aromatic carbocycles. The predicted octanol–water partition coefficient (Wildman–Crippen LogP) is 2.74. The minimum Gasteiger partial charge on any atom is -0.261 e. The zero-order chi connectivity index (χ0) is 11.1. The number of hydrogen-bond donors (Lipinski definition) is 0. The van der Waals surface area contributed by atoms with Gasteiger partial charge >= 0.3 is 0 Å². The van der Waals surface area contributed by atoms with Gasteiger partial charge in [-0.2, -0.15) is 0 Å². The van der Waals surface area contributed by atoms with Gasteiger partial charge < -0.3 is 0 Å². The van der Waals surface area contributed by atoms with Crippen molar-refractivity contribution in [2.75, 3.05) is 0 Å². The van der Waals surface area contributed by atoms with Gasteiger partial charge in [0.05, 0.1) is 0 Å². The van der Waals surface area contributed by atoms with Gasteiger partial charge in [-0.05, 0) is 12.1 Å². The van der Waals surface area contributed by atoms with Gasteiger partial charge in [-0.1, -0.05) is 12.5 Å². The molecule has 3 rings (SSSR count). The summed E-state index contributed by atoms with van der Waals surface area (Å²) in [5.41, 5.74) is 5.33. The van der Waals surface area contributed by atoms with Crippen molar-refractivity contribution in [2.45, 2.75) is 13.3 Å². The van der Waals surface area contributed by atoms with E-state index in [-0.39, 0.29) is 20.1 Å². The van der Waals surface area contributed by atoms with Gasteiger partial charge in [-0.25, -0.2) is 0 Å². The van der Waals surface area contributed by atoms with Crippen LogP contribution in [0.2, 0.25) is 0 Å². The van der Waals surface area contributed by atoms with Crippen molar-refractivity contribution < 1.29 is 20.1 Å². The maximum Gasteiger partial charge on any atom is 0.146 e. The molecule has 1 radical (unpaired) electrons. The molecule has 0 saturated carbocycles. The number of aryl methyl sites for hydroxylation is 1. The van der Waals surface area contributed by atoms with Crippen molar-refractivity contribution in [3.05, 3.63) is 59.7 Å². The second kappa shape index (κ2) is 4.59. The Labute approximate surface area is 115 Å². The van der Waals surface area contributed by atoms with Gasteiger partial charge in [0.1, 0.15) is 18.7 Å². The van der Waals surface area contributed by atoms with Crippen molar-refractivity contribution in [1.82, 2.24) is 9.13 Å². The molecular weight excluding hydrogens is 388 g/mol. The van der Waals surface area contributed by atoms with E-state index >= 15 is 0 Å². The van der Waals surface area contributed by atoms with Gasteiger partial charge in [-0.15, -0.1) is 35.4 Å². The van der Waals surface area contributed by atoms with Crippen LogP contribution in [-0.2, 0) is 33.6 Å². The Balaban J connectivity index is 0.00000108. The first-order chi connectivity index (χ1) is 7.75. The number of fused-ring (bicyclic) bond motifs is 1. The first-order valence-electron chi connectivity index (χ1n) is 5.49. The van der Waals surface area contributed by atoms with Crippen LogP contribution in [0.3, 0.4) is 0 Å². The van der Waals surface area contributed by atoms with E-state index in [1.54, 1.807) is 0 Å². The molecule has 0 saturated heterocycles. The summed E-state index contributed by atoms with van der Waals surface area (Å²) in [6.45, 7) is 2.20. The smallest absolute Gasteiger partial charge is 0.146 e. The maximum absolute atomic E-state index is 3.35. The Morgan fingerprint density at radius 2 is 2.18 bits per heavy atom. The molecule has 1 heterocycles. The largest absolute Gasteiger partial charge is 0.261 e. The van der Waals surface area contributed by atoms with Crippen molar-refractivity contribution in [3.8, 4) is 0 Å².